The normalized spacial score (nSPS) is 20.8. The summed E-state index contributed by atoms with van der Waals surface area (Å²) < 4.78 is 4.56. The Morgan fingerprint density at radius 3 is 2.75 bits per heavy atom. The molecule has 2 N–H and O–H groups in total. The lowest BCUT2D eigenvalue weighted by molar-refractivity contribution is -0.144. The number of halogens is 1. The quantitative estimate of drug-likeness (QED) is 0.694. The van der Waals surface area contributed by atoms with Crippen molar-refractivity contribution in [3.05, 3.63) is 0 Å². The number of methoxy groups -OCH3 is 1. The molecule has 0 spiro atoms. The van der Waals surface area contributed by atoms with Crippen LogP contribution in [0.3, 0.4) is 0 Å². The predicted octanol–water partition coefficient (Wildman–Crippen LogP) is 0.0855. The monoisotopic (exact) mass is 250 g/mol. The van der Waals surface area contributed by atoms with Gasteiger partial charge in [0.2, 0.25) is 5.91 Å². The highest BCUT2D eigenvalue weighted by Crippen LogP contribution is 2.05. The Labute approximate surface area is 102 Å². The molecule has 6 heteroatoms. The van der Waals surface area contributed by atoms with E-state index in [-0.39, 0.29) is 36.2 Å². The third kappa shape index (κ3) is 4.37. The SMILES string of the molecule is COC(=O)C(C)CNC(=O)C1CCCN1.Cl. The second-order valence-electron chi connectivity index (χ2n) is 3.82. The molecule has 1 rings (SSSR count). The first-order chi connectivity index (χ1) is 7.15. The van der Waals surface area contributed by atoms with Crippen LogP contribution >= 0.6 is 12.4 Å². The number of hydrogen-bond donors (Lipinski definition) is 2. The third-order valence-electron chi connectivity index (χ3n) is 2.56. The molecule has 1 saturated heterocycles. The summed E-state index contributed by atoms with van der Waals surface area (Å²) in [6.45, 7) is 2.96. The van der Waals surface area contributed by atoms with E-state index in [1.54, 1.807) is 6.92 Å². The lowest BCUT2D eigenvalue weighted by Gasteiger charge is -2.13. The maximum absolute atomic E-state index is 11.5. The van der Waals surface area contributed by atoms with Gasteiger partial charge in [-0.25, -0.2) is 0 Å². The van der Waals surface area contributed by atoms with Crippen molar-refractivity contribution >= 4 is 24.3 Å². The summed E-state index contributed by atoms with van der Waals surface area (Å²) in [6, 6.07) is -0.0881. The van der Waals surface area contributed by atoms with Crippen LogP contribution in [0.1, 0.15) is 19.8 Å². The Morgan fingerprint density at radius 1 is 1.56 bits per heavy atom. The maximum atomic E-state index is 11.5. The number of esters is 1. The van der Waals surface area contributed by atoms with Gasteiger partial charge in [0.15, 0.2) is 0 Å². The average Bonchev–Trinajstić information content (AvgIpc) is 2.77. The van der Waals surface area contributed by atoms with Crippen LogP contribution in [0, 0.1) is 5.92 Å². The van der Waals surface area contributed by atoms with Gasteiger partial charge in [0.1, 0.15) is 0 Å². The van der Waals surface area contributed by atoms with E-state index in [1.165, 1.54) is 7.11 Å². The minimum atomic E-state index is -0.297. The van der Waals surface area contributed by atoms with Crippen molar-refractivity contribution in [2.75, 3.05) is 20.2 Å². The lowest BCUT2D eigenvalue weighted by atomic mass is 10.1. The van der Waals surface area contributed by atoms with Crippen molar-refractivity contribution in [2.45, 2.75) is 25.8 Å². The number of carbonyl (C=O) groups excluding carboxylic acids is 2. The van der Waals surface area contributed by atoms with E-state index in [0.717, 1.165) is 19.4 Å². The number of rotatable bonds is 4. The van der Waals surface area contributed by atoms with Crippen molar-refractivity contribution in [3.63, 3.8) is 0 Å². The first kappa shape index (κ1) is 15.2. The fraction of sp³-hybridized carbons (Fsp3) is 0.800. The van der Waals surface area contributed by atoms with Gasteiger partial charge in [0.25, 0.3) is 0 Å². The van der Waals surface area contributed by atoms with E-state index in [4.69, 9.17) is 0 Å². The molecule has 0 aromatic heterocycles. The molecule has 0 saturated carbocycles. The summed E-state index contributed by atoms with van der Waals surface area (Å²) in [5.74, 6) is -0.613. The van der Waals surface area contributed by atoms with Crippen molar-refractivity contribution in [3.8, 4) is 0 Å². The summed E-state index contributed by atoms with van der Waals surface area (Å²) in [6.07, 6.45) is 1.91. The standard InChI is InChI=1S/C10H18N2O3.ClH/c1-7(10(14)15-2)6-12-9(13)8-4-3-5-11-8;/h7-8,11H,3-6H2,1-2H3,(H,12,13);1H. The third-order valence-corrected chi connectivity index (χ3v) is 2.56. The first-order valence-electron chi connectivity index (χ1n) is 5.24. The molecule has 1 aliphatic heterocycles. The Hall–Kier alpha value is -0.810. The fourth-order valence-electron chi connectivity index (χ4n) is 1.57. The molecule has 2 atom stereocenters. The van der Waals surface area contributed by atoms with E-state index in [1.807, 2.05) is 0 Å². The molecule has 1 aliphatic rings. The Kier molecular flexibility index (Phi) is 7.08. The molecule has 0 aliphatic carbocycles. The van der Waals surface area contributed by atoms with Gasteiger partial charge < -0.3 is 15.4 Å². The van der Waals surface area contributed by atoms with E-state index in [2.05, 4.69) is 15.4 Å². The molecule has 0 bridgehead atoms. The van der Waals surface area contributed by atoms with Gasteiger partial charge in [0.05, 0.1) is 19.1 Å². The number of carbonyl (C=O) groups is 2. The van der Waals surface area contributed by atoms with Crippen molar-refractivity contribution in [1.29, 1.82) is 0 Å². The second kappa shape index (κ2) is 7.46. The van der Waals surface area contributed by atoms with Gasteiger partial charge in [-0.2, -0.15) is 0 Å². The van der Waals surface area contributed by atoms with Crippen LogP contribution in [-0.4, -0.2) is 38.1 Å². The molecule has 2 unspecified atom stereocenters. The number of hydrogen-bond acceptors (Lipinski definition) is 4. The lowest BCUT2D eigenvalue weighted by Crippen LogP contribution is -2.42. The van der Waals surface area contributed by atoms with Crippen molar-refractivity contribution in [2.24, 2.45) is 5.92 Å². The highest BCUT2D eigenvalue weighted by molar-refractivity contribution is 5.85. The summed E-state index contributed by atoms with van der Waals surface area (Å²) in [5.41, 5.74) is 0. The predicted molar refractivity (Wildman–Crippen MR) is 62.5 cm³/mol. The minimum Gasteiger partial charge on any atom is -0.469 e. The molecule has 5 nitrogen and oxygen atoms in total. The maximum Gasteiger partial charge on any atom is 0.310 e. The van der Waals surface area contributed by atoms with Gasteiger partial charge >= 0.3 is 5.97 Å². The number of nitrogens with one attached hydrogen (secondary N) is 2. The Bertz CT molecular complexity index is 242. The number of ether oxygens (including phenoxy) is 1. The van der Waals surface area contributed by atoms with E-state index in [0.29, 0.717) is 6.54 Å². The van der Waals surface area contributed by atoms with Crippen LogP contribution < -0.4 is 10.6 Å². The van der Waals surface area contributed by atoms with Crippen LogP contribution in [0.2, 0.25) is 0 Å². The number of amides is 1. The molecule has 1 fully saturated rings. The first-order valence-corrected chi connectivity index (χ1v) is 5.24. The molecule has 0 radical (unpaired) electrons. The zero-order valence-electron chi connectivity index (χ0n) is 9.62. The van der Waals surface area contributed by atoms with Gasteiger partial charge in [0, 0.05) is 6.54 Å². The van der Waals surface area contributed by atoms with Gasteiger partial charge in [-0.05, 0) is 19.4 Å². The average molecular weight is 251 g/mol. The highest BCUT2D eigenvalue weighted by atomic mass is 35.5. The van der Waals surface area contributed by atoms with Gasteiger partial charge in [-0.15, -0.1) is 12.4 Å². The molecule has 0 aromatic rings. The summed E-state index contributed by atoms with van der Waals surface area (Å²) in [4.78, 5) is 22.6. The molecular formula is C10H19ClN2O3. The zero-order valence-corrected chi connectivity index (χ0v) is 10.4. The molecule has 0 aromatic carbocycles. The molecule has 94 valence electrons. The van der Waals surface area contributed by atoms with Crippen LogP contribution in [-0.2, 0) is 14.3 Å². The molecule has 1 amide bonds. The van der Waals surface area contributed by atoms with E-state index >= 15 is 0 Å². The van der Waals surface area contributed by atoms with E-state index < -0.39 is 0 Å². The molecule has 1 heterocycles. The highest BCUT2D eigenvalue weighted by Gasteiger charge is 2.23. The Balaban J connectivity index is 0.00000225. The van der Waals surface area contributed by atoms with Crippen LogP contribution in [0.15, 0.2) is 0 Å². The Morgan fingerprint density at radius 2 is 2.25 bits per heavy atom. The van der Waals surface area contributed by atoms with Crippen LogP contribution in [0.5, 0.6) is 0 Å². The molecule has 16 heavy (non-hydrogen) atoms. The van der Waals surface area contributed by atoms with E-state index in [9.17, 15) is 9.59 Å². The van der Waals surface area contributed by atoms with Gasteiger partial charge in [-0.1, -0.05) is 6.92 Å². The smallest absolute Gasteiger partial charge is 0.310 e. The molecular weight excluding hydrogens is 232 g/mol. The van der Waals surface area contributed by atoms with Crippen LogP contribution in [0.4, 0.5) is 0 Å². The van der Waals surface area contributed by atoms with Crippen molar-refractivity contribution < 1.29 is 14.3 Å². The zero-order chi connectivity index (χ0) is 11.3. The minimum absolute atomic E-state index is 0. The topological polar surface area (TPSA) is 67.4 Å². The fourth-order valence-corrected chi connectivity index (χ4v) is 1.57. The summed E-state index contributed by atoms with van der Waals surface area (Å²) in [5, 5.41) is 5.83. The van der Waals surface area contributed by atoms with Crippen molar-refractivity contribution in [1.82, 2.24) is 10.6 Å². The van der Waals surface area contributed by atoms with Crippen LogP contribution in [0.25, 0.3) is 0 Å². The largest absolute Gasteiger partial charge is 0.469 e. The van der Waals surface area contributed by atoms with Gasteiger partial charge in [-0.3, -0.25) is 9.59 Å². The second-order valence-corrected chi connectivity index (χ2v) is 3.82. The summed E-state index contributed by atoms with van der Waals surface area (Å²) >= 11 is 0. The summed E-state index contributed by atoms with van der Waals surface area (Å²) in [7, 11) is 1.35.